The largest absolute Gasteiger partial charge is 0.452 e. The van der Waals surface area contributed by atoms with E-state index >= 15 is 0 Å². The van der Waals surface area contributed by atoms with Crippen molar-refractivity contribution in [3.63, 3.8) is 0 Å². The monoisotopic (exact) mass is 344 g/mol. The number of carbonyl (C=O) groups is 3. The SMILES string of the molecule is CC(=O)c1cccc(NC(=O)COC(=O)c2c(C)noc2C(C)C)c1. The van der Waals surface area contributed by atoms with E-state index in [9.17, 15) is 14.4 Å². The van der Waals surface area contributed by atoms with Crippen molar-refractivity contribution in [1.29, 1.82) is 0 Å². The highest BCUT2D eigenvalue weighted by Crippen LogP contribution is 2.23. The highest BCUT2D eigenvalue weighted by molar-refractivity contribution is 5.98. The summed E-state index contributed by atoms with van der Waals surface area (Å²) in [6.07, 6.45) is 0. The van der Waals surface area contributed by atoms with Gasteiger partial charge in [-0.3, -0.25) is 9.59 Å². The maximum Gasteiger partial charge on any atom is 0.344 e. The normalized spacial score (nSPS) is 10.6. The van der Waals surface area contributed by atoms with Crippen LogP contribution in [0, 0.1) is 6.92 Å². The minimum atomic E-state index is -0.657. The van der Waals surface area contributed by atoms with Crippen LogP contribution in [0.3, 0.4) is 0 Å². The molecule has 132 valence electrons. The molecule has 0 aliphatic heterocycles. The number of ether oxygens (including phenoxy) is 1. The number of nitrogens with one attached hydrogen (secondary N) is 1. The Bertz CT molecular complexity index is 808. The summed E-state index contributed by atoms with van der Waals surface area (Å²) >= 11 is 0. The number of aromatic nitrogens is 1. The summed E-state index contributed by atoms with van der Waals surface area (Å²) in [5, 5.41) is 6.35. The lowest BCUT2D eigenvalue weighted by molar-refractivity contribution is -0.119. The van der Waals surface area contributed by atoms with Crippen molar-refractivity contribution >= 4 is 23.3 Å². The van der Waals surface area contributed by atoms with Gasteiger partial charge < -0.3 is 14.6 Å². The van der Waals surface area contributed by atoms with Crippen molar-refractivity contribution in [2.45, 2.75) is 33.6 Å². The van der Waals surface area contributed by atoms with E-state index in [1.54, 1.807) is 31.2 Å². The smallest absolute Gasteiger partial charge is 0.344 e. The highest BCUT2D eigenvalue weighted by Gasteiger charge is 2.24. The molecule has 0 fully saturated rings. The summed E-state index contributed by atoms with van der Waals surface area (Å²) in [5.74, 6) is -0.875. The molecule has 1 aromatic carbocycles. The number of rotatable bonds is 6. The summed E-state index contributed by atoms with van der Waals surface area (Å²) in [5.41, 5.74) is 1.61. The summed E-state index contributed by atoms with van der Waals surface area (Å²) in [6, 6.07) is 6.52. The van der Waals surface area contributed by atoms with E-state index in [0.717, 1.165) is 0 Å². The van der Waals surface area contributed by atoms with Crippen LogP contribution in [-0.2, 0) is 9.53 Å². The van der Waals surface area contributed by atoms with Crippen LogP contribution in [0.4, 0.5) is 5.69 Å². The maximum absolute atomic E-state index is 12.2. The Hall–Kier alpha value is -2.96. The average molecular weight is 344 g/mol. The first-order valence-corrected chi connectivity index (χ1v) is 7.83. The van der Waals surface area contributed by atoms with Crippen LogP contribution in [0.15, 0.2) is 28.8 Å². The fraction of sp³-hybridized carbons (Fsp3) is 0.333. The summed E-state index contributed by atoms with van der Waals surface area (Å²) in [7, 11) is 0. The van der Waals surface area contributed by atoms with Crippen molar-refractivity contribution in [2.75, 3.05) is 11.9 Å². The number of esters is 1. The molecule has 0 atom stereocenters. The molecular weight excluding hydrogens is 324 g/mol. The Morgan fingerprint density at radius 3 is 2.64 bits per heavy atom. The van der Waals surface area contributed by atoms with Crippen molar-refractivity contribution in [3.8, 4) is 0 Å². The first-order chi connectivity index (χ1) is 11.8. The molecule has 1 amide bonds. The second-order valence-corrected chi connectivity index (χ2v) is 5.92. The number of ketones is 1. The molecule has 0 radical (unpaired) electrons. The Balaban J connectivity index is 1.98. The van der Waals surface area contributed by atoms with Gasteiger partial charge in [-0.15, -0.1) is 0 Å². The number of carbonyl (C=O) groups excluding carboxylic acids is 3. The van der Waals surface area contributed by atoms with Gasteiger partial charge in [-0.1, -0.05) is 31.1 Å². The van der Waals surface area contributed by atoms with Gasteiger partial charge >= 0.3 is 5.97 Å². The first kappa shape index (κ1) is 18.4. The third-order valence-electron chi connectivity index (χ3n) is 3.50. The number of benzene rings is 1. The molecule has 0 unspecified atom stereocenters. The van der Waals surface area contributed by atoms with Crippen LogP contribution in [0.1, 0.15) is 58.9 Å². The quantitative estimate of drug-likeness (QED) is 0.638. The van der Waals surface area contributed by atoms with Gasteiger partial charge in [-0.05, 0) is 26.0 Å². The zero-order chi connectivity index (χ0) is 18.6. The lowest BCUT2D eigenvalue weighted by atomic mass is 10.1. The molecule has 1 heterocycles. The van der Waals surface area contributed by atoms with Crippen LogP contribution in [0.5, 0.6) is 0 Å². The van der Waals surface area contributed by atoms with Gasteiger partial charge in [0.15, 0.2) is 18.2 Å². The molecule has 1 aromatic heterocycles. The molecule has 7 heteroatoms. The third kappa shape index (κ3) is 4.53. The topological polar surface area (TPSA) is 98.5 Å². The van der Waals surface area contributed by atoms with E-state index in [0.29, 0.717) is 22.7 Å². The van der Waals surface area contributed by atoms with Crippen LogP contribution >= 0.6 is 0 Å². The van der Waals surface area contributed by atoms with Gasteiger partial charge in [0.25, 0.3) is 5.91 Å². The number of amides is 1. The predicted octanol–water partition coefficient (Wildman–Crippen LogP) is 3.10. The Kier molecular flexibility index (Phi) is 5.69. The van der Waals surface area contributed by atoms with Crippen LogP contribution in [0.25, 0.3) is 0 Å². The number of hydrogen-bond acceptors (Lipinski definition) is 6. The lowest BCUT2D eigenvalue weighted by Crippen LogP contribution is -2.21. The zero-order valence-electron chi connectivity index (χ0n) is 14.6. The van der Waals surface area contributed by atoms with Gasteiger partial charge in [-0.25, -0.2) is 4.79 Å². The Morgan fingerprint density at radius 2 is 2.00 bits per heavy atom. The number of anilines is 1. The van der Waals surface area contributed by atoms with Crippen molar-refractivity contribution in [1.82, 2.24) is 5.16 Å². The van der Waals surface area contributed by atoms with Crippen molar-refractivity contribution in [3.05, 3.63) is 46.8 Å². The Labute approximate surface area is 145 Å². The summed E-state index contributed by atoms with van der Waals surface area (Å²) in [6.45, 7) is 6.36. The number of hydrogen-bond donors (Lipinski definition) is 1. The molecule has 2 aromatic rings. The first-order valence-electron chi connectivity index (χ1n) is 7.83. The van der Waals surface area contributed by atoms with Gasteiger partial charge in [0.2, 0.25) is 0 Å². The minimum absolute atomic E-state index is 0.0353. The van der Waals surface area contributed by atoms with Crippen LogP contribution in [0.2, 0.25) is 0 Å². The molecule has 2 rings (SSSR count). The molecule has 1 N–H and O–H groups in total. The lowest BCUT2D eigenvalue weighted by Gasteiger charge is -2.08. The fourth-order valence-corrected chi connectivity index (χ4v) is 2.25. The zero-order valence-corrected chi connectivity index (χ0v) is 14.6. The standard InChI is InChI=1S/C18H20N2O5/c1-10(2)17-16(11(3)20-25-17)18(23)24-9-15(22)19-14-7-5-6-13(8-14)12(4)21/h5-8,10H,9H2,1-4H3,(H,19,22). The number of Topliss-reactive ketones (excluding diaryl/α,β-unsaturated/α-hetero) is 1. The van der Waals surface area contributed by atoms with Crippen LogP contribution < -0.4 is 5.32 Å². The van der Waals surface area contributed by atoms with E-state index < -0.39 is 18.5 Å². The fourth-order valence-electron chi connectivity index (χ4n) is 2.25. The van der Waals surface area contributed by atoms with Gasteiger partial charge in [-0.2, -0.15) is 0 Å². The Morgan fingerprint density at radius 1 is 1.28 bits per heavy atom. The summed E-state index contributed by atoms with van der Waals surface area (Å²) in [4.78, 5) is 35.5. The van der Waals surface area contributed by atoms with Crippen LogP contribution in [-0.4, -0.2) is 29.4 Å². The van der Waals surface area contributed by atoms with Crippen molar-refractivity contribution < 1.29 is 23.6 Å². The highest BCUT2D eigenvalue weighted by atomic mass is 16.5. The molecule has 0 aliphatic carbocycles. The van der Waals surface area contributed by atoms with E-state index in [1.807, 2.05) is 13.8 Å². The van der Waals surface area contributed by atoms with Gasteiger partial charge in [0.1, 0.15) is 5.56 Å². The molecule has 0 aliphatic rings. The van der Waals surface area contributed by atoms with E-state index in [2.05, 4.69) is 10.5 Å². The maximum atomic E-state index is 12.2. The van der Waals surface area contributed by atoms with E-state index in [-0.39, 0.29) is 17.3 Å². The second kappa shape index (κ2) is 7.74. The van der Waals surface area contributed by atoms with E-state index in [4.69, 9.17) is 9.26 Å². The molecule has 0 saturated carbocycles. The molecule has 25 heavy (non-hydrogen) atoms. The number of nitrogens with zero attached hydrogens (tertiary/aromatic N) is 1. The van der Waals surface area contributed by atoms with E-state index in [1.165, 1.54) is 6.92 Å². The molecule has 0 saturated heterocycles. The average Bonchev–Trinajstić information content (AvgIpc) is 2.95. The molecular formula is C18H20N2O5. The molecule has 0 spiro atoms. The third-order valence-corrected chi connectivity index (χ3v) is 3.50. The summed E-state index contributed by atoms with van der Waals surface area (Å²) < 4.78 is 10.2. The predicted molar refractivity (Wildman–Crippen MR) is 90.7 cm³/mol. The number of aryl methyl sites for hydroxylation is 1. The minimum Gasteiger partial charge on any atom is -0.452 e. The second-order valence-electron chi connectivity index (χ2n) is 5.92. The molecule has 0 bridgehead atoms. The van der Waals surface area contributed by atoms with Gasteiger partial charge in [0.05, 0.1) is 5.69 Å². The van der Waals surface area contributed by atoms with Crippen molar-refractivity contribution in [2.24, 2.45) is 0 Å². The molecule has 7 nitrogen and oxygen atoms in total. The van der Waals surface area contributed by atoms with Gasteiger partial charge in [0, 0.05) is 17.2 Å².